The maximum absolute atomic E-state index is 6.30. The summed E-state index contributed by atoms with van der Waals surface area (Å²) >= 11 is 6.30. The molecule has 0 saturated heterocycles. The van der Waals surface area contributed by atoms with Gasteiger partial charge in [0.15, 0.2) is 0 Å². The van der Waals surface area contributed by atoms with Crippen molar-refractivity contribution in [1.82, 2.24) is 4.98 Å². The second-order valence-corrected chi connectivity index (χ2v) is 4.34. The van der Waals surface area contributed by atoms with Crippen LogP contribution in [0.5, 0.6) is 5.75 Å². The summed E-state index contributed by atoms with van der Waals surface area (Å²) in [7, 11) is 1.63. The molecule has 0 atom stereocenters. The molecule has 4 heteroatoms. The van der Waals surface area contributed by atoms with E-state index in [1.54, 1.807) is 7.11 Å². The Morgan fingerprint density at radius 2 is 2.18 bits per heavy atom. The van der Waals surface area contributed by atoms with E-state index in [2.05, 4.69) is 4.98 Å². The summed E-state index contributed by atoms with van der Waals surface area (Å²) in [5.74, 6) is 0.742. The van der Waals surface area contributed by atoms with Crippen LogP contribution in [-0.4, -0.2) is 18.6 Å². The molecule has 3 nitrogen and oxygen atoms in total. The van der Waals surface area contributed by atoms with Crippen molar-refractivity contribution < 1.29 is 4.74 Å². The van der Waals surface area contributed by atoms with Crippen LogP contribution in [0.4, 0.5) is 0 Å². The van der Waals surface area contributed by atoms with Crippen LogP contribution in [0.1, 0.15) is 11.3 Å². The van der Waals surface area contributed by atoms with E-state index < -0.39 is 0 Å². The Kier molecular flexibility index (Phi) is 3.50. The van der Waals surface area contributed by atoms with Crippen LogP contribution in [0.3, 0.4) is 0 Å². The monoisotopic (exact) mass is 250 g/mol. The molecule has 2 aromatic rings. The van der Waals surface area contributed by atoms with Gasteiger partial charge >= 0.3 is 0 Å². The first-order valence-corrected chi connectivity index (χ1v) is 5.88. The summed E-state index contributed by atoms with van der Waals surface area (Å²) in [6.07, 6.45) is 0.783. The zero-order valence-corrected chi connectivity index (χ0v) is 10.7. The molecule has 17 heavy (non-hydrogen) atoms. The van der Waals surface area contributed by atoms with Gasteiger partial charge in [-0.3, -0.25) is 0 Å². The minimum absolute atomic E-state index is 0.589. The number of methoxy groups -OCH3 is 1. The van der Waals surface area contributed by atoms with Gasteiger partial charge in [-0.05, 0) is 37.6 Å². The Bertz CT molecular complexity index is 555. The van der Waals surface area contributed by atoms with Crippen LogP contribution >= 0.6 is 11.6 Å². The largest absolute Gasteiger partial charge is 0.494 e. The second kappa shape index (κ2) is 4.90. The summed E-state index contributed by atoms with van der Waals surface area (Å²) in [6.45, 7) is 2.51. The summed E-state index contributed by atoms with van der Waals surface area (Å²) in [6, 6.07) is 5.77. The third-order valence-corrected chi connectivity index (χ3v) is 3.02. The van der Waals surface area contributed by atoms with Crippen molar-refractivity contribution in [2.45, 2.75) is 13.3 Å². The average Bonchev–Trinajstić information content (AvgIpc) is 2.28. The molecule has 2 N–H and O–H groups in total. The molecule has 2 rings (SSSR count). The number of ether oxygens (including phenoxy) is 1. The molecule has 0 amide bonds. The lowest BCUT2D eigenvalue weighted by molar-refractivity contribution is 0.418. The van der Waals surface area contributed by atoms with Crippen molar-refractivity contribution in [3.63, 3.8) is 0 Å². The molecule has 1 aromatic heterocycles. The van der Waals surface area contributed by atoms with Crippen molar-refractivity contribution in [3.05, 3.63) is 34.5 Å². The highest BCUT2D eigenvalue weighted by atomic mass is 35.5. The van der Waals surface area contributed by atoms with Gasteiger partial charge in [0.05, 0.1) is 12.1 Å². The first-order chi connectivity index (χ1) is 8.17. The lowest BCUT2D eigenvalue weighted by Crippen LogP contribution is -2.04. The average molecular weight is 251 g/mol. The molecule has 0 unspecified atom stereocenters. The molecular formula is C13H15ClN2O. The van der Waals surface area contributed by atoms with Crippen molar-refractivity contribution in [1.29, 1.82) is 0 Å². The molecule has 90 valence electrons. The highest BCUT2D eigenvalue weighted by molar-refractivity contribution is 6.35. The number of rotatable bonds is 3. The number of hydrogen-bond acceptors (Lipinski definition) is 3. The van der Waals surface area contributed by atoms with Crippen LogP contribution < -0.4 is 10.5 Å². The third-order valence-electron chi connectivity index (χ3n) is 2.72. The van der Waals surface area contributed by atoms with Gasteiger partial charge in [0.1, 0.15) is 11.3 Å². The highest BCUT2D eigenvalue weighted by Gasteiger charge is 2.11. The Morgan fingerprint density at radius 1 is 1.41 bits per heavy atom. The molecular weight excluding hydrogens is 236 g/mol. The quantitative estimate of drug-likeness (QED) is 0.911. The number of fused-ring (bicyclic) bond motifs is 1. The smallest absolute Gasteiger partial charge is 0.145 e. The first-order valence-electron chi connectivity index (χ1n) is 5.50. The van der Waals surface area contributed by atoms with Crippen molar-refractivity contribution in [2.24, 2.45) is 5.73 Å². The lowest BCUT2D eigenvalue weighted by atomic mass is 10.0. The van der Waals surface area contributed by atoms with E-state index in [-0.39, 0.29) is 0 Å². The third kappa shape index (κ3) is 2.21. The number of aryl methyl sites for hydroxylation is 1. The number of benzene rings is 1. The Balaban J connectivity index is 2.80. The Hall–Kier alpha value is -1.32. The summed E-state index contributed by atoms with van der Waals surface area (Å²) < 4.78 is 5.32. The van der Waals surface area contributed by atoms with Gasteiger partial charge in [-0.15, -0.1) is 0 Å². The molecule has 1 aromatic carbocycles. The maximum Gasteiger partial charge on any atom is 0.145 e. The molecule has 0 saturated carbocycles. The number of nitrogens with two attached hydrogens (primary N) is 1. The topological polar surface area (TPSA) is 48.1 Å². The first kappa shape index (κ1) is 12.1. The molecule has 0 spiro atoms. The highest BCUT2D eigenvalue weighted by Crippen LogP contribution is 2.32. The van der Waals surface area contributed by atoms with Gasteiger partial charge < -0.3 is 10.5 Å². The minimum atomic E-state index is 0.589. The van der Waals surface area contributed by atoms with E-state index in [1.165, 1.54) is 0 Å². The lowest BCUT2D eigenvalue weighted by Gasteiger charge is -2.11. The molecule has 1 heterocycles. The molecule has 0 radical (unpaired) electrons. The normalized spacial score (nSPS) is 10.8. The maximum atomic E-state index is 6.30. The SMILES string of the molecule is COc1ccc(CCN)c2c(Cl)cc(C)nc12. The van der Waals surface area contributed by atoms with Crippen LogP contribution in [0.2, 0.25) is 5.02 Å². The molecule has 0 fully saturated rings. The van der Waals surface area contributed by atoms with Crippen molar-refractivity contribution in [3.8, 4) is 5.75 Å². The number of hydrogen-bond donors (Lipinski definition) is 1. The number of pyridine rings is 1. The van der Waals surface area contributed by atoms with E-state index in [9.17, 15) is 0 Å². The van der Waals surface area contributed by atoms with Crippen molar-refractivity contribution >= 4 is 22.5 Å². The van der Waals surface area contributed by atoms with Crippen LogP contribution in [0, 0.1) is 6.92 Å². The molecule has 0 aliphatic rings. The molecule has 0 aliphatic carbocycles. The summed E-state index contributed by atoms with van der Waals surface area (Å²) in [4.78, 5) is 4.50. The van der Waals surface area contributed by atoms with E-state index in [0.717, 1.165) is 34.3 Å². The van der Waals surface area contributed by atoms with Gasteiger partial charge in [-0.25, -0.2) is 4.98 Å². The minimum Gasteiger partial charge on any atom is -0.494 e. The fraction of sp³-hybridized carbons (Fsp3) is 0.308. The van der Waals surface area contributed by atoms with Crippen LogP contribution in [-0.2, 0) is 6.42 Å². The van der Waals surface area contributed by atoms with Gasteiger partial charge in [0.25, 0.3) is 0 Å². The standard InChI is InChI=1S/C13H15ClN2O/c1-8-7-10(14)12-9(5-6-15)3-4-11(17-2)13(12)16-8/h3-4,7H,5-6,15H2,1-2H3. The van der Waals surface area contributed by atoms with Gasteiger partial charge in [-0.2, -0.15) is 0 Å². The summed E-state index contributed by atoms with van der Waals surface area (Å²) in [5.41, 5.74) is 8.41. The Labute approximate surface area is 106 Å². The predicted octanol–water partition coefficient (Wildman–Crippen LogP) is 2.71. The van der Waals surface area contributed by atoms with E-state index in [0.29, 0.717) is 11.6 Å². The number of halogens is 1. The van der Waals surface area contributed by atoms with Gasteiger partial charge in [0.2, 0.25) is 0 Å². The van der Waals surface area contributed by atoms with E-state index in [1.807, 2.05) is 25.1 Å². The fourth-order valence-electron chi connectivity index (χ4n) is 1.98. The zero-order chi connectivity index (χ0) is 12.4. The number of nitrogens with zero attached hydrogens (tertiary/aromatic N) is 1. The fourth-order valence-corrected chi connectivity index (χ4v) is 2.35. The zero-order valence-electron chi connectivity index (χ0n) is 9.96. The molecule has 0 bridgehead atoms. The second-order valence-electron chi connectivity index (χ2n) is 3.93. The molecule has 0 aliphatic heterocycles. The van der Waals surface area contributed by atoms with Gasteiger partial charge in [0, 0.05) is 11.1 Å². The number of aromatic nitrogens is 1. The Morgan fingerprint density at radius 3 is 2.82 bits per heavy atom. The summed E-state index contributed by atoms with van der Waals surface area (Å²) in [5, 5.41) is 1.65. The van der Waals surface area contributed by atoms with E-state index in [4.69, 9.17) is 22.1 Å². The van der Waals surface area contributed by atoms with Gasteiger partial charge in [-0.1, -0.05) is 17.7 Å². The van der Waals surface area contributed by atoms with Crippen LogP contribution in [0.15, 0.2) is 18.2 Å². The van der Waals surface area contributed by atoms with Crippen LogP contribution in [0.25, 0.3) is 10.9 Å². The van der Waals surface area contributed by atoms with Crippen molar-refractivity contribution in [2.75, 3.05) is 13.7 Å². The van der Waals surface area contributed by atoms with E-state index >= 15 is 0 Å². The predicted molar refractivity (Wildman–Crippen MR) is 70.8 cm³/mol.